The molecule has 0 aliphatic carbocycles. The van der Waals surface area contributed by atoms with Crippen LogP contribution in [0.25, 0.3) is 27.5 Å². The van der Waals surface area contributed by atoms with E-state index in [1.165, 1.54) is 0 Å². The second-order valence-electron chi connectivity index (χ2n) is 4.67. The SMILES string of the molecule is C/C=C(\C)n1c(=O)c2c(C)onc2c2c(Cl)cccc21. The van der Waals surface area contributed by atoms with E-state index in [9.17, 15) is 4.79 Å². The normalized spacial score (nSPS) is 12.5. The highest BCUT2D eigenvalue weighted by Crippen LogP contribution is 2.30. The molecule has 5 heteroatoms. The molecule has 0 atom stereocenters. The summed E-state index contributed by atoms with van der Waals surface area (Å²) >= 11 is 6.30. The van der Waals surface area contributed by atoms with Crippen molar-refractivity contribution in [3.8, 4) is 0 Å². The smallest absolute Gasteiger partial charge is 0.268 e. The van der Waals surface area contributed by atoms with E-state index in [0.717, 1.165) is 16.6 Å². The number of halogens is 1. The molecule has 2 heterocycles. The van der Waals surface area contributed by atoms with Gasteiger partial charge in [-0.3, -0.25) is 9.36 Å². The van der Waals surface area contributed by atoms with Crippen molar-refractivity contribution in [1.82, 2.24) is 9.72 Å². The fraction of sp³-hybridized carbons (Fsp3) is 0.200. The molecule has 0 bridgehead atoms. The van der Waals surface area contributed by atoms with Crippen LogP contribution in [0.3, 0.4) is 0 Å². The molecular formula is C15H13ClN2O2. The number of allylic oxidation sites excluding steroid dienone is 2. The van der Waals surface area contributed by atoms with Gasteiger partial charge in [0.1, 0.15) is 16.7 Å². The second-order valence-corrected chi connectivity index (χ2v) is 5.07. The van der Waals surface area contributed by atoms with Gasteiger partial charge in [0.15, 0.2) is 0 Å². The van der Waals surface area contributed by atoms with Crippen LogP contribution >= 0.6 is 11.6 Å². The van der Waals surface area contributed by atoms with Gasteiger partial charge in [-0.25, -0.2) is 0 Å². The standard InChI is InChI=1S/C15H13ClN2O2/c1-4-8(2)18-11-7-5-6-10(16)13(11)14-12(15(18)19)9(3)20-17-14/h4-7H,1-3H3/b8-4+. The largest absolute Gasteiger partial charge is 0.360 e. The van der Waals surface area contributed by atoms with Crippen molar-refractivity contribution < 1.29 is 4.52 Å². The highest BCUT2D eigenvalue weighted by molar-refractivity contribution is 6.37. The third-order valence-electron chi connectivity index (χ3n) is 3.52. The van der Waals surface area contributed by atoms with Gasteiger partial charge in [0.25, 0.3) is 5.56 Å². The van der Waals surface area contributed by atoms with E-state index in [1.807, 2.05) is 32.1 Å². The van der Waals surface area contributed by atoms with Crippen LogP contribution in [0.1, 0.15) is 19.6 Å². The average molecular weight is 289 g/mol. The molecule has 4 nitrogen and oxygen atoms in total. The summed E-state index contributed by atoms with van der Waals surface area (Å²) in [7, 11) is 0. The Morgan fingerprint density at radius 3 is 2.85 bits per heavy atom. The Morgan fingerprint density at radius 1 is 1.40 bits per heavy atom. The van der Waals surface area contributed by atoms with Crippen LogP contribution < -0.4 is 5.56 Å². The predicted octanol–water partition coefficient (Wildman–Crippen LogP) is 3.99. The van der Waals surface area contributed by atoms with Gasteiger partial charge in [-0.1, -0.05) is 28.9 Å². The Hall–Kier alpha value is -2.07. The van der Waals surface area contributed by atoms with E-state index in [-0.39, 0.29) is 5.56 Å². The first-order valence-electron chi connectivity index (χ1n) is 6.28. The van der Waals surface area contributed by atoms with Crippen LogP contribution in [0.4, 0.5) is 0 Å². The third kappa shape index (κ3) is 1.61. The number of fused-ring (bicyclic) bond motifs is 3. The number of aryl methyl sites for hydroxylation is 1. The Balaban J connectivity index is 2.73. The fourth-order valence-corrected chi connectivity index (χ4v) is 2.69. The van der Waals surface area contributed by atoms with Gasteiger partial charge in [-0.2, -0.15) is 0 Å². The van der Waals surface area contributed by atoms with Crippen molar-refractivity contribution in [2.24, 2.45) is 0 Å². The molecule has 0 radical (unpaired) electrons. The van der Waals surface area contributed by atoms with Gasteiger partial charge >= 0.3 is 0 Å². The highest BCUT2D eigenvalue weighted by atomic mass is 35.5. The summed E-state index contributed by atoms with van der Waals surface area (Å²) in [5.41, 5.74) is 1.96. The van der Waals surface area contributed by atoms with Crippen molar-refractivity contribution in [3.05, 3.63) is 45.4 Å². The maximum Gasteiger partial charge on any atom is 0.268 e. The average Bonchev–Trinajstić information content (AvgIpc) is 2.81. The lowest BCUT2D eigenvalue weighted by atomic mass is 10.1. The zero-order chi connectivity index (χ0) is 14.4. The van der Waals surface area contributed by atoms with E-state index in [4.69, 9.17) is 16.1 Å². The number of nitrogens with zero attached hydrogens (tertiary/aromatic N) is 2. The number of aromatic nitrogens is 2. The van der Waals surface area contributed by atoms with E-state index in [1.54, 1.807) is 17.6 Å². The summed E-state index contributed by atoms with van der Waals surface area (Å²) in [6.45, 7) is 5.51. The lowest BCUT2D eigenvalue weighted by Crippen LogP contribution is -2.19. The number of pyridine rings is 1. The molecule has 102 valence electrons. The molecule has 0 amide bonds. The van der Waals surface area contributed by atoms with E-state index < -0.39 is 0 Å². The van der Waals surface area contributed by atoms with E-state index in [2.05, 4.69) is 5.16 Å². The van der Waals surface area contributed by atoms with Gasteiger partial charge < -0.3 is 4.52 Å². The minimum atomic E-state index is -0.135. The quantitative estimate of drug-likeness (QED) is 0.680. The summed E-state index contributed by atoms with van der Waals surface area (Å²) in [4.78, 5) is 12.7. The second kappa shape index (κ2) is 4.49. The molecule has 20 heavy (non-hydrogen) atoms. The Labute approximate surface area is 120 Å². The third-order valence-corrected chi connectivity index (χ3v) is 3.83. The maximum absolute atomic E-state index is 12.7. The molecule has 3 aromatic rings. The predicted molar refractivity (Wildman–Crippen MR) is 81.1 cm³/mol. The Kier molecular flexibility index (Phi) is 2.91. The summed E-state index contributed by atoms with van der Waals surface area (Å²) in [6.07, 6.45) is 1.89. The molecule has 0 fully saturated rings. The van der Waals surface area contributed by atoms with Crippen molar-refractivity contribution in [2.75, 3.05) is 0 Å². The van der Waals surface area contributed by atoms with Crippen molar-refractivity contribution in [3.63, 3.8) is 0 Å². The molecule has 0 spiro atoms. The van der Waals surface area contributed by atoms with Crippen LogP contribution in [-0.2, 0) is 0 Å². The lowest BCUT2D eigenvalue weighted by molar-refractivity contribution is 0.406. The molecule has 0 aliphatic heterocycles. The number of hydrogen-bond donors (Lipinski definition) is 0. The first-order valence-corrected chi connectivity index (χ1v) is 6.66. The topological polar surface area (TPSA) is 48.0 Å². The summed E-state index contributed by atoms with van der Waals surface area (Å²) in [5.74, 6) is 0.504. The first kappa shape index (κ1) is 12.9. The monoisotopic (exact) mass is 288 g/mol. The molecule has 0 saturated carbocycles. The summed E-state index contributed by atoms with van der Waals surface area (Å²) in [6, 6.07) is 5.47. The molecular weight excluding hydrogens is 276 g/mol. The lowest BCUT2D eigenvalue weighted by Gasteiger charge is -2.11. The van der Waals surface area contributed by atoms with Gasteiger partial charge in [0, 0.05) is 11.1 Å². The maximum atomic E-state index is 12.7. The van der Waals surface area contributed by atoms with E-state index in [0.29, 0.717) is 21.7 Å². The molecule has 1 aromatic carbocycles. The molecule has 0 unspecified atom stereocenters. The molecule has 0 saturated heterocycles. The van der Waals surface area contributed by atoms with Crippen molar-refractivity contribution >= 4 is 39.1 Å². The Morgan fingerprint density at radius 2 is 2.15 bits per heavy atom. The van der Waals surface area contributed by atoms with Crippen LogP contribution in [0.2, 0.25) is 5.02 Å². The van der Waals surface area contributed by atoms with Gasteiger partial charge in [-0.05, 0) is 32.9 Å². The van der Waals surface area contributed by atoms with Crippen molar-refractivity contribution in [2.45, 2.75) is 20.8 Å². The fourth-order valence-electron chi connectivity index (χ4n) is 2.43. The summed E-state index contributed by atoms with van der Waals surface area (Å²) in [5, 5.41) is 5.77. The van der Waals surface area contributed by atoms with Gasteiger partial charge in [0.05, 0.1) is 10.5 Å². The van der Waals surface area contributed by atoms with Gasteiger partial charge in [0.2, 0.25) is 0 Å². The van der Waals surface area contributed by atoms with Crippen LogP contribution in [-0.4, -0.2) is 9.72 Å². The zero-order valence-electron chi connectivity index (χ0n) is 11.4. The molecule has 0 aliphatic rings. The first-order chi connectivity index (χ1) is 9.56. The Bertz CT molecular complexity index is 919. The number of benzene rings is 1. The van der Waals surface area contributed by atoms with Crippen LogP contribution in [0, 0.1) is 6.92 Å². The number of hydrogen-bond acceptors (Lipinski definition) is 3. The minimum absolute atomic E-state index is 0.135. The van der Waals surface area contributed by atoms with Crippen LogP contribution in [0.15, 0.2) is 33.6 Å². The number of rotatable bonds is 1. The summed E-state index contributed by atoms with van der Waals surface area (Å²) < 4.78 is 6.83. The van der Waals surface area contributed by atoms with Crippen LogP contribution in [0.5, 0.6) is 0 Å². The zero-order valence-corrected chi connectivity index (χ0v) is 12.2. The molecule has 2 aromatic heterocycles. The molecule has 0 N–H and O–H groups in total. The minimum Gasteiger partial charge on any atom is -0.360 e. The van der Waals surface area contributed by atoms with Crippen molar-refractivity contribution in [1.29, 1.82) is 0 Å². The van der Waals surface area contributed by atoms with Gasteiger partial charge in [-0.15, -0.1) is 0 Å². The molecule has 3 rings (SSSR count). The van der Waals surface area contributed by atoms with E-state index >= 15 is 0 Å². The highest BCUT2D eigenvalue weighted by Gasteiger charge is 2.18.